The van der Waals surface area contributed by atoms with Crippen LogP contribution >= 0.6 is 11.6 Å². The molecule has 0 spiro atoms. The van der Waals surface area contributed by atoms with E-state index in [9.17, 15) is 4.79 Å². The summed E-state index contributed by atoms with van der Waals surface area (Å²) in [5.41, 5.74) is 0.802. The van der Waals surface area contributed by atoms with Crippen LogP contribution in [0.1, 0.15) is 16.2 Å². The van der Waals surface area contributed by atoms with Crippen LogP contribution in [0.2, 0.25) is 5.02 Å². The standard InChI is InChI=1S/C11H11ClN4O2/c1-13-9-3-2-8(12)10(15-9)11(17)14-6-7-4-5-18-16-7/h2-5H,6H2,1H3,(H,13,15)(H,14,17). The first kappa shape index (κ1) is 12.4. The molecule has 0 aliphatic carbocycles. The second-order valence-electron chi connectivity index (χ2n) is 3.45. The zero-order chi connectivity index (χ0) is 13.0. The Morgan fingerprint density at radius 3 is 2.94 bits per heavy atom. The third kappa shape index (κ3) is 2.78. The fourth-order valence-corrected chi connectivity index (χ4v) is 1.51. The van der Waals surface area contributed by atoms with Gasteiger partial charge in [0.05, 0.1) is 11.6 Å². The van der Waals surface area contributed by atoms with E-state index < -0.39 is 0 Å². The molecule has 0 bridgehead atoms. The Morgan fingerprint density at radius 1 is 1.44 bits per heavy atom. The average molecular weight is 267 g/mol. The zero-order valence-electron chi connectivity index (χ0n) is 9.61. The molecule has 0 unspecified atom stereocenters. The number of nitrogens with one attached hydrogen (secondary N) is 2. The Bertz CT molecular complexity index is 542. The molecule has 2 aromatic heterocycles. The van der Waals surface area contributed by atoms with E-state index in [1.165, 1.54) is 6.26 Å². The van der Waals surface area contributed by atoms with Gasteiger partial charge in [0.25, 0.3) is 5.91 Å². The van der Waals surface area contributed by atoms with Crippen molar-refractivity contribution in [2.45, 2.75) is 6.54 Å². The molecule has 0 aromatic carbocycles. The minimum absolute atomic E-state index is 0.173. The number of aromatic nitrogens is 2. The fourth-order valence-electron chi connectivity index (χ4n) is 1.32. The van der Waals surface area contributed by atoms with E-state index in [-0.39, 0.29) is 18.1 Å². The maximum absolute atomic E-state index is 11.9. The lowest BCUT2D eigenvalue weighted by molar-refractivity contribution is 0.0945. The second-order valence-corrected chi connectivity index (χ2v) is 3.86. The highest BCUT2D eigenvalue weighted by Crippen LogP contribution is 2.16. The van der Waals surface area contributed by atoms with E-state index >= 15 is 0 Å². The first-order valence-corrected chi connectivity index (χ1v) is 5.60. The number of rotatable bonds is 4. The highest BCUT2D eigenvalue weighted by Gasteiger charge is 2.13. The highest BCUT2D eigenvalue weighted by atomic mass is 35.5. The van der Waals surface area contributed by atoms with Gasteiger partial charge >= 0.3 is 0 Å². The Balaban J connectivity index is 2.08. The topological polar surface area (TPSA) is 80.0 Å². The van der Waals surface area contributed by atoms with Crippen LogP contribution < -0.4 is 10.6 Å². The Kier molecular flexibility index (Phi) is 3.78. The van der Waals surface area contributed by atoms with Crippen LogP contribution in [0.15, 0.2) is 29.0 Å². The van der Waals surface area contributed by atoms with Crippen LogP contribution in [0.4, 0.5) is 5.82 Å². The Labute approximate surface area is 108 Å². The third-order valence-electron chi connectivity index (χ3n) is 2.24. The predicted molar refractivity (Wildman–Crippen MR) is 66.5 cm³/mol. The van der Waals surface area contributed by atoms with E-state index in [0.717, 1.165) is 0 Å². The van der Waals surface area contributed by atoms with Gasteiger partial charge in [-0.05, 0) is 12.1 Å². The van der Waals surface area contributed by atoms with E-state index in [4.69, 9.17) is 11.6 Å². The van der Waals surface area contributed by atoms with Crippen molar-refractivity contribution in [3.63, 3.8) is 0 Å². The Morgan fingerprint density at radius 2 is 2.28 bits per heavy atom. The van der Waals surface area contributed by atoms with Gasteiger partial charge in [-0.15, -0.1) is 0 Å². The van der Waals surface area contributed by atoms with Gasteiger partial charge < -0.3 is 15.2 Å². The van der Waals surface area contributed by atoms with Crippen molar-refractivity contribution in [1.29, 1.82) is 0 Å². The summed E-state index contributed by atoms with van der Waals surface area (Å²) in [4.78, 5) is 16.0. The SMILES string of the molecule is CNc1ccc(Cl)c(C(=O)NCc2ccon2)n1. The smallest absolute Gasteiger partial charge is 0.271 e. The van der Waals surface area contributed by atoms with Crippen molar-refractivity contribution in [3.8, 4) is 0 Å². The molecule has 0 atom stereocenters. The number of hydrogen-bond donors (Lipinski definition) is 2. The molecule has 2 aromatic rings. The van der Waals surface area contributed by atoms with E-state index in [2.05, 4.69) is 25.3 Å². The summed E-state index contributed by atoms with van der Waals surface area (Å²) >= 11 is 5.92. The van der Waals surface area contributed by atoms with Crippen LogP contribution in [0, 0.1) is 0 Å². The molecule has 6 nitrogen and oxygen atoms in total. The summed E-state index contributed by atoms with van der Waals surface area (Å²) in [6.07, 6.45) is 1.44. The van der Waals surface area contributed by atoms with Gasteiger partial charge in [-0.25, -0.2) is 4.98 Å². The molecule has 18 heavy (non-hydrogen) atoms. The number of amides is 1. The predicted octanol–water partition coefficient (Wildman–Crippen LogP) is 1.69. The highest BCUT2D eigenvalue weighted by molar-refractivity contribution is 6.33. The zero-order valence-corrected chi connectivity index (χ0v) is 10.4. The van der Waals surface area contributed by atoms with Crippen LogP contribution in [0.25, 0.3) is 0 Å². The maximum atomic E-state index is 11.9. The van der Waals surface area contributed by atoms with Crippen LogP contribution in [0.5, 0.6) is 0 Å². The minimum atomic E-state index is -0.361. The number of carbonyl (C=O) groups excluding carboxylic acids is 1. The molecule has 0 saturated heterocycles. The molecule has 2 heterocycles. The van der Waals surface area contributed by atoms with Crippen molar-refractivity contribution >= 4 is 23.3 Å². The average Bonchev–Trinajstić information content (AvgIpc) is 2.89. The van der Waals surface area contributed by atoms with Gasteiger partial charge in [-0.2, -0.15) is 0 Å². The van der Waals surface area contributed by atoms with Gasteiger partial charge in [0.15, 0.2) is 0 Å². The quantitative estimate of drug-likeness (QED) is 0.880. The number of hydrogen-bond acceptors (Lipinski definition) is 5. The molecule has 1 amide bonds. The lowest BCUT2D eigenvalue weighted by Crippen LogP contribution is -2.24. The van der Waals surface area contributed by atoms with E-state index in [1.54, 1.807) is 25.2 Å². The summed E-state index contributed by atoms with van der Waals surface area (Å²) in [5, 5.41) is 9.48. The molecule has 2 N–H and O–H groups in total. The minimum Gasteiger partial charge on any atom is -0.373 e. The molecule has 2 rings (SSSR count). The van der Waals surface area contributed by atoms with E-state index in [0.29, 0.717) is 16.5 Å². The molecular weight excluding hydrogens is 256 g/mol. The fraction of sp³-hybridized carbons (Fsp3) is 0.182. The molecular formula is C11H11ClN4O2. The number of anilines is 1. The van der Waals surface area contributed by atoms with Crippen molar-refractivity contribution in [3.05, 3.63) is 40.9 Å². The number of carbonyl (C=O) groups is 1. The largest absolute Gasteiger partial charge is 0.373 e. The number of pyridine rings is 1. The van der Waals surface area contributed by atoms with Crippen LogP contribution in [-0.2, 0) is 6.54 Å². The second kappa shape index (κ2) is 5.50. The Hall–Kier alpha value is -2.08. The monoisotopic (exact) mass is 266 g/mol. The van der Waals surface area contributed by atoms with Gasteiger partial charge in [-0.3, -0.25) is 4.79 Å². The molecule has 0 aliphatic heterocycles. The van der Waals surface area contributed by atoms with Crippen LogP contribution in [-0.4, -0.2) is 23.1 Å². The summed E-state index contributed by atoms with van der Waals surface area (Å²) in [7, 11) is 1.72. The van der Waals surface area contributed by atoms with Gasteiger partial charge in [-0.1, -0.05) is 16.8 Å². The lowest BCUT2D eigenvalue weighted by atomic mass is 10.3. The molecule has 0 radical (unpaired) electrons. The maximum Gasteiger partial charge on any atom is 0.271 e. The number of nitrogens with zero attached hydrogens (tertiary/aromatic N) is 2. The molecule has 0 fully saturated rings. The van der Waals surface area contributed by atoms with Crippen molar-refractivity contribution in [1.82, 2.24) is 15.5 Å². The first-order chi connectivity index (χ1) is 8.70. The molecule has 0 aliphatic rings. The summed E-state index contributed by atoms with van der Waals surface area (Å²) < 4.78 is 4.66. The lowest BCUT2D eigenvalue weighted by Gasteiger charge is -2.06. The van der Waals surface area contributed by atoms with E-state index in [1.807, 2.05) is 0 Å². The molecule has 0 saturated carbocycles. The van der Waals surface area contributed by atoms with Gasteiger partial charge in [0.2, 0.25) is 0 Å². The number of halogens is 1. The summed E-state index contributed by atoms with van der Waals surface area (Å²) in [6, 6.07) is 4.97. The summed E-state index contributed by atoms with van der Waals surface area (Å²) in [5.74, 6) is 0.214. The van der Waals surface area contributed by atoms with Crippen molar-refractivity contribution in [2.24, 2.45) is 0 Å². The van der Waals surface area contributed by atoms with Crippen molar-refractivity contribution < 1.29 is 9.32 Å². The molecule has 7 heteroatoms. The van der Waals surface area contributed by atoms with Crippen molar-refractivity contribution in [2.75, 3.05) is 12.4 Å². The normalized spacial score (nSPS) is 10.1. The van der Waals surface area contributed by atoms with Crippen LogP contribution in [0.3, 0.4) is 0 Å². The third-order valence-corrected chi connectivity index (χ3v) is 2.54. The molecule has 94 valence electrons. The van der Waals surface area contributed by atoms with Gasteiger partial charge in [0, 0.05) is 13.1 Å². The summed E-state index contributed by atoms with van der Waals surface area (Å²) in [6.45, 7) is 0.261. The first-order valence-electron chi connectivity index (χ1n) is 5.22. The van der Waals surface area contributed by atoms with Gasteiger partial charge in [0.1, 0.15) is 23.5 Å².